The van der Waals surface area contributed by atoms with Crippen LogP contribution in [0.3, 0.4) is 0 Å². The van der Waals surface area contributed by atoms with Gasteiger partial charge in [0.1, 0.15) is 5.02 Å². The van der Waals surface area contributed by atoms with Crippen LogP contribution in [0.2, 0.25) is 5.02 Å². The maximum Gasteiger partial charge on any atom is 0.317 e. The lowest BCUT2D eigenvalue weighted by Gasteiger charge is -2.36. The first-order valence-electron chi connectivity index (χ1n) is 6.52. The Balaban J connectivity index is 2.12. The van der Waals surface area contributed by atoms with Gasteiger partial charge < -0.3 is 10.0 Å². The molecular weight excluding hydrogens is 298 g/mol. The van der Waals surface area contributed by atoms with E-state index in [1.54, 1.807) is 6.07 Å². The minimum Gasteiger partial charge on any atom is -0.480 e. The zero-order chi connectivity index (χ0) is 15.6. The van der Waals surface area contributed by atoms with E-state index in [4.69, 9.17) is 16.7 Å². The largest absolute Gasteiger partial charge is 0.480 e. The number of aryl methyl sites for hydroxylation is 1. The average molecular weight is 314 g/mol. The summed E-state index contributed by atoms with van der Waals surface area (Å²) in [4.78, 5) is 25.0. The van der Waals surface area contributed by atoms with E-state index in [0.29, 0.717) is 26.2 Å². The van der Waals surface area contributed by atoms with E-state index in [1.165, 1.54) is 6.07 Å². The number of nitrogens with zero attached hydrogens (tertiary/aromatic N) is 3. The van der Waals surface area contributed by atoms with Crippen molar-refractivity contribution >= 4 is 28.9 Å². The van der Waals surface area contributed by atoms with E-state index in [1.807, 2.05) is 11.8 Å². The van der Waals surface area contributed by atoms with Crippen LogP contribution in [0.1, 0.15) is 5.56 Å². The molecule has 0 aliphatic carbocycles. The molecule has 1 aromatic rings. The number of nitro benzene ring substituents is 1. The fourth-order valence-electron chi connectivity index (χ4n) is 2.47. The minimum atomic E-state index is -0.835. The van der Waals surface area contributed by atoms with Crippen molar-refractivity contribution in [1.82, 2.24) is 4.90 Å². The van der Waals surface area contributed by atoms with E-state index in [-0.39, 0.29) is 17.3 Å². The van der Waals surface area contributed by atoms with Crippen molar-refractivity contribution in [3.8, 4) is 0 Å². The molecule has 1 saturated heterocycles. The molecule has 0 aromatic heterocycles. The number of carboxylic acid groups (broad SMARTS) is 1. The molecule has 2 rings (SSSR count). The van der Waals surface area contributed by atoms with Crippen LogP contribution >= 0.6 is 11.6 Å². The molecule has 0 bridgehead atoms. The van der Waals surface area contributed by atoms with E-state index < -0.39 is 10.9 Å². The number of hydrogen-bond acceptors (Lipinski definition) is 5. The van der Waals surface area contributed by atoms with Crippen LogP contribution in [-0.4, -0.2) is 53.6 Å². The topological polar surface area (TPSA) is 86.9 Å². The molecule has 1 aliphatic heterocycles. The maximum atomic E-state index is 10.9. The molecular formula is C13H16ClN3O4. The highest BCUT2D eigenvalue weighted by Gasteiger charge is 2.22. The van der Waals surface area contributed by atoms with Crippen molar-refractivity contribution in [3.63, 3.8) is 0 Å². The number of piperazine rings is 1. The molecule has 0 amide bonds. The lowest BCUT2D eigenvalue weighted by atomic mass is 10.1. The summed E-state index contributed by atoms with van der Waals surface area (Å²) >= 11 is 5.96. The van der Waals surface area contributed by atoms with Gasteiger partial charge in [0.15, 0.2) is 0 Å². The van der Waals surface area contributed by atoms with E-state index >= 15 is 0 Å². The Hall–Kier alpha value is -1.86. The molecule has 1 N–H and O–H groups in total. The van der Waals surface area contributed by atoms with Crippen LogP contribution < -0.4 is 4.90 Å². The number of anilines is 1. The van der Waals surface area contributed by atoms with Gasteiger partial charge in [0, 0.05) is 37.9 Å². The normalized spacial score (nSPS) is 16.0. The number of aliphatic carboxylic acids is 1. The molecule has 0 spiro atoms. The summed E-state index contributed by atoms with van der Waals surface area (Å²) in [6.07, 6.45) is 0. The first-order chi connectivity index (χ1) is 9.88. The minimum absolute atomic E-state index is 0.0356. The third-order valence-corrected chi connectivity index (χ3v) is 3.84. The van der Waals surface area contributed by atoms with Crippen molar-refractivity contribution < 1.29 is 14.8 Å². The van der Waals surface area contributed by atoms with Gasteiger partial charge in [0.05, 0.1) is 11.5 Å². The number of benzene rings is 1. The summed E-state index contributed by atoms with van der Waals surface area (Å²) in [7, 11) is 0. The van der Waals surface area contributed by atoms with E-state index in [2.05, 4.69) is 4.90 Å². The second-order valence-electron chi connectivity index (χ2n) is 5.00. The second-order valence-corrected chi connectivity index (χ2v) is 5.41. The van der Waals surface area contributed by atoms with Crippen LogP contribution in [0.15, 0.2) is 12.1 Å². The van der Waals surface area contributed by atoms with Crippen molar-refractivity contribution in [2.45, 2.75) is 6.92 Å². The first-order valence-corrected chi connectivity index (χ1v) is 6.90. The fourth-order valence-corrected chi connectivity index (χ4v) is 2.70. The van der Waals surface area contributed by atoms with E-state index in [9.17, 15) is 14.9 Å². The SMILES string of the molecule is Cc1cc([N+](=O)[O-])c(Cl)cc1N1CCN(CC(=O)O)CC1. The van der Waals surface area contributed by atoms with Gasteiger partial charge in [-0.25, -0.2) is 0 Å². The van der Waals surface area contributed by atoms with Crippen molar-refractivity contribution in [3.05, 3.63) is 32.8 Å². The summed E-state index contributed by atoms with van der Waals surface area (Å²) in [6.45, 7) is 4.46. The Morgan fingerprint density at radius 3 is 2.52 bits per heavy atom. The molecule has 114 valence electrons. The number of hydrogen-bond donors (Lipinski definition) is 1. The van der Waals surface area contributed by atoms with Crippen LogP contribution in [0.5, 0.6) is 0 Å². The van der Waals surface area contributed by atoms with Crippen molar-refractivity contribution in [1.29, 1.82) is 0 Å². The first kappa shape index (κ1) is 15.5. The number of carboxylic acids is 1. The highest BCUT2D eigenvalue weighted by Crippen LogP contribution is 2.32. The van der Waals surface area contributed by atoms with Crippen LogP contribution in [0.4, 0.5) is 11.4 Å². The van der Waals surface area contributed by atoms with Gasteiger partial charge in [-0.05, 0) is 18.6 Å². The second kappa shape index (κ2) is 6.28. The molecule has 0 radical (unpaired) electrons. The molecule has 1 fully saturated rings. The molecule has 1 heterocycles. The molecule has 7 nitrogen and oxygen atoms in total. The molecule has 0 saturated carbocycles. The Bertz CT molecular complexity index is 571. The summed E-state index contributed by atoms with van der Waals surface area (Å²) in [5.74, 6) is -0.835. The Morgan fingerprint density at radius 1 is 1.38 bits per heavy atom. The van der Waals surface area contributed by atoms with Gasteiger partial charge in [-0.15, -0.1) is 0 Å². The Labute approximate surface area is 126 Å². The number of halogens is 1. The molecule has 1 aliphatic rings. The summed E-state index contributed by atoms with van der Waals surface area (Å²) in [6, 6.07) is 3.09. The van der Waals surface area contributed by atoms with Crippen molar-refractivity contribution in [2.75, 3.05) is 37.6 Å². The van der Waals surface area contributed by atoms with Gasteiger partial charge in [0.25, 0.3) is 5.69 Å². The summed E-state index contributed by atoms with van der Waals surface area (Å²) in [5, 5.41) is 19.7. The van der Waals surface area contributed by atoms with Crippen LogP contribution in [0.25, 0.3) is 0 Å². The Kier molecular flexibility index (Phi) is 4.64. The number of rotatable bonds is 4. The molecule has 21 heavy (non-hydrogen) atoms. The summed E-state index contributed by atoms with van der Waals surface area (Å²) < 4.78 is 0. The predicted octanol–water partition coefficient (Wildman–Crippen LogP) is 1.76. The summed E-state index contributed by atoms with van der Waals surface area (Å²) in [5.41, 5.74) is 1.56. The molecule has 0 unspecified atom stereocenters. The van der Waals surface area contributed by atoms with Gasteiger partial charge >= 0.3 is 5.97 Å². The van der Waals surface area contributed by atoms with Crippen molar-refractivity contribution in [2.24, 2.45) is 0 Å². The average Bonchev–Trinajstić information content (AvgIpc) is 2.41. The number of nitro groups is 1. The van der Waals surface area contributed by atoms with E-state index in [0.717, 1.165) is 11.3 Å². The smallest absolute Gasteiger partial charge is 0.317 e. The highest BCUT2D eigenvalue weighted by molar-refractivity contribution is 6.33. The monoisotopic (exact) mass is 313 g/mol. The fraction of sp³-hybridized carbons (Fsp3) is 0.462. The van der Waals surface area contributed by atoms with Gasteiger partial charge in [-0.3, -0.25) is 19.8 Å². The predicted molar refractivity (Wildman–Crippen MR) is 79.1 cm³/mol. The lowest BCUT2D eigenvalue weighted by Crippen LogP contribution is -2.48. The van der Waals surface area contributed by atoms with Crippen LogP contribution in [-0.2, 0) is 4.79 Å². The third-order valence-electron chi connectivity index (χ3n) is 3.53. The zero-order valence-corrected chi connectivity index (χ0v) is 12.3. The standard InChI is InChI=1S/C13H16ClN3O4/c1-9-6-12(17(20)21)10(14)7-11(9)16-4-2-15(3-5-16)8-13(18)19/h6-7H,2-5,8H2,1H3,(H,18,19). The zero-order valence-electron chi connectivity index (χ0n) is 11.6. The van der Waals surface area contributed by atoms with Crippen LogP contribution in [0, 0.1) is 17.0 Å². The highest BCUT2D eigenvalue weighted by atomic mass is 35.5. The third kappa shape index (κ3) is 3.62. The van der Waals surface area contributed by atoms with Gasteiger partial charge in [-0.2, -0.15) is 0 Å². The Morgan fingerprint density at radius 2 is 2.00 bits per heavy atom. The van der Waals surface area contributed by atoms with Gasteiger partial charge in [-0.1, -0.05) is 11.6 Å². The molecule has 1 aromatic carbocycles. The lowest BCUT2D eigenvalue weighted by molar-refractivity contribution is -0.384. The quantitative estimate of drug-likeness (QED) is 0.673. The molecule has 8 heteroatoms. The molecule has 0 atom stereocenters. The van der Waals surface area contributed by atoms with Gasteiger partial charge in [0.2, 0.25) is 0 Å². The number of carbonyl (C=O) groups is 1. The maximum absolute atomic E-state index is 10.9.